The second-order valence-corrected chi connectivity index (χ2v) is 8.02. The van der Waals surface area contributed by atoms with Gasteiger partial charge < -0.3 is 14.6 Å². The van der Waals surface area contributed by atoms with E-state index in [-0.39, 0.29) is 19.0 Å². The zero-order valence-corrected chi connectivity index (χ0v) is 18.3. The van der Waals surface area contributed by atoms with Crippen LogP contribution in [0.1, 0.15) is 30.5 Å². The third kappa shape index (κ3) is 4.47. The van der Waals surface area contributed by atoms with Gasteiger partial charge in [0.25, 0.3) is 5.91 Å². The summed E-state index contributed by atoms with van der Waals surface area (Å²) in [5, 5.41) is 9.32. The van der Waals surface area contributed by atoms with Gasteiger partial charge in [0.15, 0.2) is 5.60 Å². The molecule has 0 atom stereocenters. The van der Waals surface area contributed by atoms with Crippen LogP contribution in [0.2, 0.25) is 0 Å². The van der Waals surface area contributed by atoms with Gasteiger partial charge in [-0.3, -0.25) is 14.6 Å². The van der Waals surface area contributed by atoms with Gasteiger partial charge in [-0.2, -0.15) is 0 Å². The number of aliphatic carboxylic acids is 1. The molecule has 0 aliphatic carbocycles. The second kappa shape index (κ2) is 8.29. The Morgan fingerprint density at radius 2 is 1.68 bits per heavy atom. The fraction of sp³-hybridized carbons (Fsp3) is 0.348. The molecule has 1 aliphatic heterocycles. The van der Waals surface area contributed by atoms with Gasteiger partial charge in [-0.25, -0.2) is 9.59 Å². The first-order chi connectivity index (χ1) is 14.5. The zero-order valence-electron chi connectivity index (χ0n) is 18.3. The average molecular weight is 426 g/mol. The summed E-state index contributed by atoms with van der Waals surface area (Å²) in [6.45, 7) is 6.67. The van der Waals surface area contributed by atoms with Crippen molar-refractivity contribution in [1.82, 2.24) is 4.90 Å². The minimum absolute atomic E-state index is 0.0306. The van der Waals surface area contributed by atoms with Crippen molar-refractivity contribution >= 4 is 23.6 Å². The van der Waals surface area contributed by atoms with Crippen LogP contribution in [-0.4, -0.2) is 47.2 Å². The Bertz CT molecular complexity index is 1010. The van der Waals surface area contributed by atoms with E-state index in [1.54, 1.807) is 57.4 Å². The molecule has 1 fully saturated rings. The number of urea groups is 1. The standard InChI is InChI=1S/C23H26N2O6/c1-14-10-16(11-15(2)20(14)31-23(3,4)21(27)28)12-25-19(26)13-24(22(25)29)17-6-8-18(30-5)9-7-17/h6-11H,12-13H2,1-5H3,(H,27,28). The normalized spacial score (nSPS) is 14.2. The van der Waals surface area contributed by atoms with E-state index in [2.05, 4.69) is 0 Å². The second-order valence-electron chi connectivity index (χ2n) is 8.02. The quantitative estimate of drug-likeness (QED) is 0.681. The molecule has 8 heteroatoms. The Hall–Kier alpha value is -3.55. The molecule has 2 aromatic rings. The first-order valence-corrected chi connectivity index (χ1v) is 9.82. The summed E-state index contributed by atoms with van der Waals surface area (Å²) in [6, 6.07) is 10.2. The number of benzene rings is 2. The predicted molar refractivity (Wildman–Crippen MR) is 115 cm³/mol. The molecule has 8 nitrogen and oxygen atoms in total. The van der Waals surface area contributed by atoms with Gasteiger partial charge in [0.05, 0.1) is 13.7 Å². The maximum absolute atomic E-state index is 12.9. The molecule has 1 N–H and O–H groups in total. The molecule has 164 valence electrons. The summed E-state index contributed by atoms with van der Waals surface area (Å²) < 4.78 is 10.9. The summed E-state index contributed by atoms with van der Waals surface area (Å²) in [7, 11) is 1.56. The van der Waals surface area contributed by atoms with Gasteiger partial charge in [-0.05, 0) is 68.7 Å². The number of imide groups is 1. The summed E-state index contributed by atoms with van der Waals surface area (Å²) in [5.74, 6) is -0.210. The fourth-order valence-electron chi connectivity index (χ4n) is 3.43. The van der Waals surface area contributed by atoms with Crippen molar-refractivity contribution in [2.24, 2.45) is 0 Å². The molecule has 0 radical (unpaired) electrons. The van der Waals surface area contributed by atoms with Gasteiger partial charge in [-0.1, -0.05) is 12.1 Å². The number of ether oxygens (including phenoxy) is 2. The number of carbonyl (C=O) groups is 3. The molecule has 31 heavy (non-hydrogen) atoms. The van der Waals surface area contributed by atoms with Crippen molar-refractivity contribution in [3.05, 3.63) is 53.1 Å². The number of carboxylic acids is 1. The van der Waals surface area contributed by atoms with E-state index in [1.807, 2.05) is 0 Å². The lowest BCUT2D eigenvalue weighted by atomic mass is 10.0. The van der Waals surface area contributed by atoms with Gasteiger partial charge >= 0.3 is 12.0 Å². The van der Waals surface area contributed by atoms with E-state index >= 15 is 0 Å². The highest BCUT2D eigenvalue weighted by molar-refractivity contribution is 6.12. The van der Waals surface area contributed by atoms with Gasteiger partial charge in [0.1, 0.15) is 18.0 Å². The molecule has 0 aromatic heterocycles. The average Bonchev–Trinajstić information content (AvgIpc) is 2.99. The van der Waals surface area contributed by atoms with Crippen LogP contribution in [0.15, 0.2) is 36.4 Å². The van der Waals surface area contributed by atoms with E-state index in [9.17, 15) is 19.5 Å². The van der Waals surface area contributed by atoms with Crippen molar-refractivity contribution in [3.63, 3.8) is 0 Å². The fourth-order valence-corrected chi connectivity index (χ4v) is 3.43. The third-order valence-corrected chi connectivity index (χ3v) is 5.17. The molecule has 1 saturated heterocycles. The Morgan fingerprint density at radius 1 is 1.10 bits per heavy atom. The van der Waals surface area contributed by atoms with Crippen LogP contribution in [0.5, 0.6) is 11.5 Å². The number of hydrogen-bond acceptors (Lipinski definition) is 5. The number of anilines is 1. The largest absolute Gasteiger partial charge is 0.497 e. The van der Waals surface area contributed by atoms with Crippen LogP contribution < -0.4 is 14.4 Å². The summed E-state index contributed by atoms with van der Waals surface area (Å²) in [4.78, 5) is 39.4. The summed E-state index contributed by atoms with van der Waals surface area (Å²) in [6.07, 6.45) is 0. The number of methoxy groups -OCH3 is 1. The zero-order chi connectivity index (χ0) is 22.9. The van der Waals surface area contributed by atoms with E-state index in [0.29, 0.717) is 17.2 Å². The maximum Gasteiger partial charge on any atom is 0.347 e. The highest BCUT2D eigenvalue weighted by atomic mass is 16.5. The number of nitrogens with zero attached hydrogens (tertiary/aromatic N) is 2. The SMILES string of the molecule is COc1ccc(N2CC(=O)N(Cc3cc(C)c(OC(C)(C)C(=O)O)c(C)c3)C2=O)cc1. The Kier molecular flexibility index (Phi) is 5.92. The maximum atomic E-state index is 12.9. The molecule has 2 aromatic carbocycles. The molecular formula is C23H26N2O6. The smallest absolute Gasteiger partial charge is 0.347 e. The van der Waals surface area contributed by atoms with E-state index in [1.165, 1.54) is 23.6 Å². The van der Waals surface area contributed by atoms with Gasteiger partial charge in [-0.15, -0.1) is 0 Å². The monoisotopic (exact) mass is 426 g/mol. The highest BCUT2D eigenvalue weighted by Crippen LogP contribution is 2.30. The lowest BCUT2D eigenvalue weighted by Gasteiger charge is -2.25. The summed E-state index contributed by atoms with van der Waals surface area (Å²) in [5.41, 5.74) is 1.46. The first-order valence-electron chi connectivity index (χ1n) is 9.82. The molecule has 3 amide bonds. The van der Waals surface area contributed by atoms with Crippen LogP contribution >= 0.6 is 0 Å². The minimum atomic E-state index is -1.38. The van der Waals surface area contributed by atoms with E-state index in [4.69, 9.17) is 9.47 Å². The Morgan fingerprint density at radius 3 is 2.19 bits per heavy atom. The van der Waals surface area contributed by atoms with Crippen LogP contribution in [0, 0.1) is 13.8 Å². The van der Waals surface area contributed by atoms with Crippen molar-refractivity contribution in [2.75, 3.05) is 18.6 Å². The van der Waals surface area contributed by atoms with E-state index < -0.39 is 17.6 Å². The molecule has 1 heterocycles. The third-order valence-electron chi connectivity index (χ3n) is 5.17. The van der Waals surface area contributed by atoms with Crippen molar-refractivity contribution in [3.8, 4) is 11.5 Å². The number of hydrogen-bond donors (Lipinski definition) is 1. The molecule has 0 unspecified atom stereocenters. The number of carboxylic acid groups (broad SMARTS) is 1. The first kappa shape index (κ1) is 22.1. The molecule has 0 spiro atoms. The number of carbonyl (C=O) groups excluding carboxylic acids is 2. The number of aryl methyl sites for hydroxylation is 2. The molecule has 1 aliphatic rings. The van der Waals surface area contributed by atoms with Crippen molar-refractivity contribution in [1.29, 1.82) is 0 Å². The predicted octanol–water partition coefficient (Wildman–Crippen LogP) is 3.52. The van der Waals surface area contributed by atoms with Gasteiger partial charge in [0.2, 0.25) is 0 Å². The van der Waals surface area contributed by atoms with Crippen LogP contribution in [0.4, 0.5) is 10.5 Å². The Labute approximate surface area is 181 Å². The Balaban J connectivity index is 1.79. The number of rotatable bonds is 7. The van der Waals surface area contributed by atoms with Gasteiger partial charge in [0, 0.05) is 5.69 Å². The molecule has 0 saturated carbocycles. The molecule has 3 rings (SSSR count). The van der Waals surface area contributed by atoms with Crippen LogP contribution in [0.3, 0.4) is 0 Å². The summed E-state index contributed by atoms with van der Waals surface area (Å²) >= 11 is 0. The lowest BCUT2D eigenvalue weighted by Crippen LogP contribution is -2.38. The molecule has 0 bridgehead atoms. The van der Waals surface area contributed by atoms with E-state index in [0.717, 1.165) is 16.7 Å². The van der Waals surface area contributed by atoms with Crippen molar-refractivity contribution in [2.45, 2.75) is 39.8 Å². The van der Waals surface area contributed by atoms with Crippen LogP contribution in [-0.2, 0) is 16.1 Å². The number of amides is 3. The topological polar surface area (TPSA) is 96.4 Å². The van der Waals surface area contributed by atoms with Crippen molar-refractivity contribution < 1.29 is 29.0 Å². The lowest BCUT2D eigenvalue weighted by molar-refractivity contribution is -0.152. The highest BCUT2D eigenvalue weighted by Gasteiger charge is 2.37. The molecular weight excluding hydrogens is 400 g/mol. The minimum Gasteiger partial charge on any atom is -0.497 e. The van der Waals surface area contributed by atoms with Crippen LogP contribution in [0.25, 0.3) is 0 Å².